The lowest BCUT2D eigenvalue weighted by Gasteiger charge is -2.21. The summed E-state index contributed by atoms with van der Waals surface area (Å²) in [5.74, 6) is 0.494. The Balaban J connectivity index is 2.82. The maximum absolute atomic E-state index is 9.37. The van der Waals surface area contributed by atoms with Gasteiger partial charge >= 0.3 is 0 Å². The topological polar surface area (TPSA) is 56.0 Å². The zero-order valence-electron chi connectivity index (χ0n) is 10.9. The van der Waals surface area contributed by atoms with Crippen LogP contribution in [0, 0.1) is 17.2 Å². The van der Waals surface area contributed by atoms with Gasteiger partial charge in [0.05, 0.1) is 18.4 Å². The van der Waals surface area contributed by atoms with Gasteiger partial charge in [-0.1, -0.05) is 44.2 Å². The number of nitrogens with one attached hydrogen (secondary N) is 1. The van der Waals surface area contributed by atoms with Crippen LogP contribution in [0.1, 0.15) is 25.8 Å². The lowest BCUT2D eigenvalue weighted by molar-refractivity contribution is 0.237. The van der Waals surface area contributed by atoms with Crippen molar-refractivity contribution < 1.29 is 5.11 Å². The van der Waals surface area contributed by atoms with Crippen molar-refractivity contribution in [3.05, 3.63) is 42.0 Å². The molecule has 0 amide bonds. The fourth-order valence-corrected chi connectivity index (χ4v) is 1.86. The van der Waals surface area contributed by atoms with Gasteiger partial charge in [0.25, 0.3) is 0 Å². The number of nitriles is 1. The lowest BCUT2D eigenvalue weighted by atomic mass is 10.0. The predicted molar refractivity (Wildman–Crippen MR) is 73.5 cm³/mol. The molecule has 0 spiro atoms. The van der Waals surface area contributed by atoms with Gasteiger partial charge in [-0.25, -0.2) is 0 Å². The molecule has 0 aliphatic rings. The molecule has 3 heteroatoms. The maximum atomic E-state index is 9.37. The quantitative estimate of drug-likeness (QED) is 0.756. The Labute approximate surface area is 109 Å². The molecular formula is C15H20N2O. The van der Waals surface area contributed by atoms with Crippen molar-refractivity contribution in [2.24, 2.45) is 5.92 Å². The smallest absolute Gasteiger partial charge is 0.0933 e. The Bertz CT molecular complexity index is 418. The van der Waals surface area contributed by atoms with Crippen molar-refractivity contribution in [2.75, 3.05) is 6.61 Å². The molecule has 0 saturated carbocycles. The van der Waals surface area contributed by atoms with Gasteiger partial charge in [0.2, 0.25) is 0 Å². The number of hydrogen-bond acceptors (Lipinski definition) is 3. The van der Waals surface area contributed by atoms with Crippen LogP contribution < -0.4 is 5.32 Å². The molecule has 0 aliphatic heterocycles. The summed E-state index contributed by atoms with van der Waals surface area (Å²) in [5, 5.41) is 21.4. The predicted octanol–water partition coefficient (Wildman–Crippen LogP) is 2.55. The minimum absolute atomic E-state index is 0.0233. The van der Waals surface area contributed by atoms with E-state index in [4.69, 9.17) is 5.26 Å². The third kappa shape index (κ3) is 4.60. The second-order valence-electron chi connectivity index (χ2n) is 4.71. The molecular weight excluding hydrogens is 224 g/mol. The average molecular weight is 244 g/mol. The van der Waals surface area contributed by atoms with Crippen molar-refractivity contribution in [3.8, 4) is 6.07 Å². The summed E-state index contributed by atoms with van der Waals surface area (Å²) >= 11 is 0. The van der Waals surface area contributed by atoms with Crippen LogP contribution in [-0.2, 0) is 0 Å². The van der Waals surface area contributed by atoms with E-state index in [0.717, 1.165) is 17.7 Å². The van der Waals surface area contributed by atoms with Crippen LogP contribution in [0.3, 0.4) is 0 Å². The third-order valence-corrected chi connectivity index (χ3v) is 2.63. The third-order valence-electron chi connectivity index (χ3n) is 2.63. The first-order valence-electron chi connectivity index (χ1n) is 6.20. The van der Waals surface area contributed by atoms with Crippen molar-refractivity contribution in [1.29, 1.82) is 5.26 Å². The maximum Gasteiger partial charge on any atom is 0.0933 e. The minimum atomic E-state index is -0.0233. The fourth-order valence-electron chi connectivity index (χ4n) is 1.86. The molecule has 1 aromatic rings. The van der Waals surface area contributed by atoms with Crippen LogP contribution >= 0.6 is 0 Å². The Morgan fingerprint density at radius 1 is 1.39 bits per heavy atom. The van der Waals surface area contributed by atoms with Gasteiger partial charge in [0.1, 0.15) is 0 Å². The first kappa shape index (κ1) is 14.3. The van der Waals surface area contributed by atoms with Gasteiger partial charge in [0.15, 0.2) is 0 Å². The largest absolute Gasteiger partial charge is 0.394 e. The van der Waals surface area contributed by atoms with Crippen LogP contribution in [0.5, 0.6) is 0 Å². The molecule has 1 atom stereocenters. The number of allylic oxidation sites excluding steroid dienone is 1. The first-order valence-corrected chi connectivity index (χ1v) is 6.20. The number of nitrogens with zero attached hydrogens (tertiary/aromatic N) is 1. The van der Waals surface area contributed by atoms with Gasteiger partial charge in [0, 0.05) is 12.1 Å². The molecule has 0 heterocycles. The molecule has 0 saturated heterocycles. The molecule has 3 nitrogen and oxygen atoms in total. The monoisotopic (exact) mass is 244 g/mol. The molecule has 0 bridgehead atoms. The number of aliphatic hydroxyl groups is 1. The van der Waals surface area contributed by atoms with Gasteiger partial charge < -0.3 is 10.4 Å². The van der Waals surface area contributed by atoms with Crippen molar-refractivity contribution >= 4 is 5.70 Å². The summed E-state index contributed by atoms with van der Waals surface area (Å²) < 4.78 is 0. The summed E-state index contributed by atoms with van der Waals surface area (Å²) in [6, 6.07) is 11.7. The number of aliphatic hydroxyl groups excluding tert-OH is 1. The average Bonchev–Trinajstić information content (AvgIpc) is 2.37. The van der Waals surface area contributed by atoms with E-state index >= 15 is 0 Å². The summed E-state index contributed by atoms with van der Waals surface area (Å²) in [5.41, 5.74) is 1.72. The van der Waals surface area contributed by atoms with Gasteiger partial charge in [-0.3, -0.25) is 0 Å². The van der Waals surface area contributed by atoms with E-state index in [0.29, 0.717) is 5.92 Å². The minimum Gasteiger partial charge on any atom is -0.394 e. The Morgan fingerprint density at radius 2 is 2.06 bits per heavy atom. The normalized spacial score (nSPS) is 13.2. The van der Waals surface area contributed by atoms with E-state index in [1.807, 2.05) is 36.4 Å². The van der Waals surface area contributed by atoms with Crippen LogP contribution in [0.4, 0.5) is 0 Å². The van der Waals surface area contributed by atoms with E-state index in [9.17, 15) is 5.11 Å². The molecule has 2 N–H and O–H groups in total. The van der Waals surface area contributed by atoms with Crippen molar-refractivity contribution in [3.63, 3.8) is 0 Å². The van der Waals surface area contributed by atoms with Crippen molar-refractivity contribution in [2.45, 2.75) is 26.3 Å². The lowest BCUT2D eigenvalue weighted by Crippen LogP contribution is -2.32. The Morgan fingerprint density at radius 3 is 2.56 bits per heavy atom. The number of benzene rings is 1. The van der Waals surface area contributed by atoms with Crippen molar-refractivity contribution in [1.82, 2.24) is 5.32 Å². The van der Waals surface area contributed by atoms with Crippen LogP contribution in [-0.4, -0.2) is 17.8 Å². The molecule has 0 radical (unpaired) electrons. The summed E-state index contributed by atoms with van der Waals surface area (Å²) in [7, 11) is 0. The highest BCUT2D eigenvalue weighted by Crippen LogP contribution is 2.14. The highest BCUT2D eigenvalue weighted by atomic mass is 16.3. The molecule has 1 rings (SSSR count). The zero-order valence-corrected chi connectivity index (χ0v) is 10.9. The van der Waals surface area contributed by atoms with Crippen LogP contribution in [0.2, 0.25) is 0 Å². The van der Waals surface area contributed by atoms with Crippen LogP contribution in [0.25, 0.3) is 5.70 Å². The highest BCUT2D eigenvalue weighted by molar-refractivity contribution is 5.66. The SMILES string of the molecule is CC(C)C[C@@H](CO)N/C(=C/C#N)c1ccccc1. The van der Waals surface area contributed by atoms with Gasteiger partial charge in [-0.2, -0.15) is 5.26 Å². The fraction of sp³-hybridized carbons (Fsp3) is 0.400. The molecule has 0 unspecified atom stereocenters. The Hall–Kier alpha value is -1.79. The standard InChI is InChI=1S/C15H20N2O/c1-12(2)10-14(11-18)17-15(8-9-16)13-6-4-3-5-7-13/h3-8,12,14,17-18H,10-11H2,1-2H3/b15-8+/t14-/m0/s1. The second-order valence-corrected chi connectivity index (χ2v) is 4.71. The van der Waals surface area contributed by atoms with E-state index in [2.05, 4.69) is 19.2 Å². The summed E-state index contributed by atoms with van der Waals surface area (Å²) in [4.78, 5) is 0. The summed E-state index contributed by atoms with van der Waals surface area (Å²) in [6.45, 7) is 4.29. The number of hydrogen-bond donors (Lipinski definition) is 2. The molecule has 96 valence electrons. The van der Waals surface area contributed by atoms with E-state index < -0.39 is 0 Å². The van der Waals surface area contributed by atoms with Gasteiger partial charge in [-0.15, -0.1) is 0 Å². The van der Waals surface area contributed by atoms with Crippen LogP contribution in [0.15, 0.2) is 36.4 Å². The highest BCUT2D eigenvalue weighted by Gasteiger charge is 2.11. The van der Waals surface area contributed by atoms with E-state index in [1.54, 1.807) is 0 Å². The number of rotatable bonds is 6. The molecule has 0 aromatic heterocycles. The molecule has 0 aliphatic carbocycles. The van der Waals surface area contributed by atoms with E-state index in [1.165, 1.54) is 6.08 Å². The first-order chi connectivity index (χ1) is 8.67. The zero-order chi connectivity index (χ0) is 13.4. The summed E-state index contributed by atoms with van der Waals surface area (Å²) in [6.07, 6.45) is 2.35. The molecule has 0 fully saturated rings. The molecule has 1 aromatic carbocycles. The van der Waals surface area contributed by atoms with Gasteiger partial charge in [-0.05, 0) is 17.9 Å². The second kappa shape index (κ2) is 7.52. The van der Waals surface area contributed by atoms with E-state index in [-0.39, 0.29) is 12.6 Å². The molecule has 18 heavy (non-hydrogen) atoms. The Kier molecular flexibility index (Phi) is 5.96.